The second-order valence-electron chi connectivity index (χ2n) is 6.00. The minimum Gasteiger partial charge on any atom is -0.357 e. The maximum Gasteiger partial charge on any atom is 0.194 e. The summed E-state index contributed by atoms with van der Waals surface area (Å²) in [7, 11) is 2.04. The number of aliphatic imine (C=N–C) groups is 1. The summed E-state index contributed by atoms with van der Waals surface area (Å²) in [5.74, 6) is 0.877. The molecule has 0 radical (unpaired) electrons. The van der Waals surface area contributed by atoms with E-state index in [0.29, 0.717) is 6.54 Å². The van der Waals surface area contributed by atoms with Gasteiger partial charge < -0.3 is 10.2 Å². The van der Waals surface area contributed by atoms with Crippen LogP contribution in [0, 0.1) is 6.92 Å². The van der Waals surface area contributed by atoms with Crippen molar-refractivity contribution in [3.8, 4) is 5.69 Å². The van der Waals surface area contributed by atoms with Gasteiger partial charge in [-0.05, 0) is 37.6 Å². The highest BCUT2D eigenvalue weighted by atomic mass is 127. The highest BCUT2D eigenvalue weighted by Gasteiger charge is 2.08. The number of nitrogens with one attached hydrogen (secondary N) is 1. The van der Waals surface area contributed by atoms with Crippen LogP contribution in [0.25, 0.3) is 5.69 Å². The van der Waals surface area contributed by atoms with Gasteiger partial charge in [0.05, 0.1) is 29.5 Å². The van der Waals surface area contributed by atoms with E-state index in [4.69, 9.17) is 4.99 Å². The number of guanidine groups is 1. The molecule has 0 unspecified atom stereocenters. The first-order valence-electron chi connectivity index (χ1n) is 8.65. The van der Waals surface area contributed by atoms with Gasteiger partial charge in [0, 0.05) is 31.4 Å². The lowest BCUT2D eigenvalue weighted by Gasteiger charge is -2.21. The molecule has 0 spiro atoms. The van der Waals surface area contributed by atoms with E-state index in [2.05, 4.69) is 44.7 Å². The molecule has 0 saturated heterocycles. The van der Waals surface area contributed by atoms with E-state index in [1.807, 2.05) is 43.0 Å². The summed E-state index contributed by atoms with van der Waals surface area (Å²) >= 11 is 1.68. The van der Waals surface area contributed by atoms with Gasteiger partial charge in [0.15, 0.2) is 5.96 Å². The molecule has 0 aliphatic rings. The van der Waals surface area contributed by atoms with Crippen LogP contribution in [0.5, 0.6) is 0 Å². The quantitative estimate of drug-likeness (QED) is 0.320. The molecule has 1 aromatic carbocycles. The Morgan fingerprint density at radius 1 is 1.33 bits per heavy atom. The summed E-state index contributed by atoms with van der Waals surface area (Å²) in [6.45, 7) is 6.28. The summed E-state index contributed by atoms with van der Waals surface area (Å²) < 4.78 is 1.86. The van der Waals surface area contributed by atoms with Crippen molar-refractivity contribution in [2.24, 2.45) is 4.99 Å². The molecule has 3 aromatic rings. The molecule has 2 heterocycles. The van der Waals surface area contributed by atoms with Gasteiger partial charge in [-0.3, -0.25) is 0 Å². The Hall–Kier alpha value is -1.94. The largest absolute Gasteiger partial charge is 0.357 e. The van der Waals surface area contributed by atoms with Crippen molar-refractivity contribution in [3.63, 3.8) is 0 Å². The van der Waals surface area contributed by atoms with E-state index in [9.17, 15) is 0 Å². The van der Waals surface area contributed by atoms with Crippen molar-refractivity contribution in [1.29, 1.82) is 0 Å². The van der Waals surface area contributed by atoms with E-state index in [-0.39, 0.29) is 24.0 Å². The Labute approximate surface area is 181 Å². The second-order valence-corrected chi connectivity index (χ2v) is 7.07. The van der Waals surface area contributed by atoms with Crippen molar-refractivity contribution in [3.05, 3.63) is 64.4 Å². The number of aromatic nitrogens is 3. The topological polar surface area (TPSA) is 58.3 Å². The zero-order valence-electron chi connectivity index (χ0n) is 15.8. The minimum atomic E-state index is 0. The first-order valence-corrected chi connectivity index (χ1v) is 9.53. The van der Waals surface area contributed by atoms with Crippen LogP contribution in [-0.2, 0) is 13.1 Å². The zero-order chi connectivity index (χ0) is 18.4. The summed E-state index contributed by atoms with van der Waals surface area (Å²) in [6, 6.07) is 10.2. The first kappa shape index (κ1) is 21.4. The maximum atomic E-state index is 4.79. The number of nitrogens with zero attached hydrogens (tertiary/aromatic N) is 5. The van der Waals surface area contributed by atoms with Crippen molar-refractivity contribution < 1.29 is 0 Å². The summed E-state index contributed by atoms with van der Waals surface area (Å²) in [4.78, 5) is 11.4. The van der Waals surface area contributed by atoms with Crippen molar-refractivity contribution in [1.82, 2.24) is 25.0 Å². The Kier molecular flexibility index (Phi) is 8.23. The van der Waals surface area contributed by atoms with Gasteiger partial charge in [-0.1, -0.05) is 12.1 Å². The number of thiazole rings is 1. The average Bonchev–Trinajstić information content (AvgIpc) is 3.31. The average molecular weight is 496 g/mol. The monoisotopic (exact) mass is 496 g/mol. The van der Waals surface area contributed by atoms with Gasteiger partial charge in [-0.15, -0.1) is 35.3 Å². The molecule has 144 valence electrons. The Morgan fingerprint density at radius 2 is 2.19 bits per heavy atom. The van der Waals surface area contributed by atoms with Crippen LogP contribution >= 0.6 is 35.3 Å². The highest BCUT2D eigenvalue weighted by molar-refractivity contribution is 14.0. The standard InChI is InChI=1S/C19H24N6S.HI/c1-4-20-19(24(3)13-17-14-26-15(2)23-17)21-12-16-7-5-8-18(11-16)25-10-6-9-22-25;/h5-11,14H,4,12-13H2,1-3H3,(H,20,21);1H. The number of aryl methyl sites for hydroxylation is 1. The number of rotatable bonds is 6. The summed E-state index contributed by atoms with van der Waals surface area (Å²) in [6.07, 6.45) is 3.72. The predicted molar refractivity (Wildman–Crippen MR) is 122 cm³/mol. The first-order chi connectivity index (χ1) is 12.7. The lowest BCUT2D eigenvalue weighted by Crippen LogP contribution is -2.38. The van der Waals surface area contributed by atoms with Gasteiger partial charge in [-0.25, -0.2) is 14.7 Å². The van der Waals surface area contributed by atoms with E-state index in [0.717, 1.165) is 41.0 Å². The molecule has 8 heteroatoms. The summed E-state index contributed by atoms with van der Waals surface area (Å²) in [5, 5.41) is 10.8. The van der Waals surface area contributed by atoms with E-state index < -0.39 is 0 Å². The fourth-order valence-electron chi connectivity index (χ4n) is 2.65. The van der Waals surface area contributed by atoms with E-state index in [1.165, 1.54) is 0 Å². The molecule has 0 amide bonds. The molecule has 0 saturated carbocycles. The fourth-order valence-corrected chi connectivity index (χ4v) is 3.26. The molecule has 3 rings (SSSR count). The van der Waals surface area contributed by atoms with Crippen LogP contribution < -0.4 is 5.32 Å². The van der Waals surface area contributed by atoms with Crippen molar-refractivity contribution in [2.45, 2.75) is 26.9 Å². The van der Waals surface area contributed by atoms with Gasteiger partial charge in [0.1, 0.15) is 0 Å². The van der Waals surface area contributed by atoms with Gasteiger partial charge in [0.2, 0.25) is 0 Å². The third kappa shape index (κ3) is 6.03. The van der Waals surface area contributed by atoms with Crippen LogP contribution in [-0.4, -0.2) is 39.2 Å². The zero-order valence-corrected chi connectivity index (χ0v) is 18.9. The lowest BCUT2D eigenvalue weighted by atomic mass is 10.2. The van der Waals surface area contributed by atoms with Crippen LogP contribution in [0.4, 0.5) is 0 Å². The summed E-state index contributed by atoms with van der Waals surface area (Å²) in [5.41, 5.74) is 3.26. The van der Waals surface area contributed by atoms with Gasteiger partial charge in [0.25, 0.3) is 0 Å². The van der Waals surface area contributed by atoms with Gasteiger partial charge in [-0.2, -0.15) is 5.10 Å². The minimum absolute atomic E-state index is 0. The number of hydrogen-bond donors (Lipinski definition) is 1. The SMILES string of the molecule is CCNC(=NCc1cccc(-n2cccn2)c1)N(C)Cc1csc(C)n1.I. The Bertz CT molecular complexity index is 859. The second kappa shape index (κ2) is 10.4. The smallest absolute Gasteiger partial charge is 0.194 e. The highest BCUT2D eigenvalue weighted by Crippen LogP contribution is 2.12. The third-order valence-corrected chi connectivity index (χ3v) is 4.68. The molecule has 0 fully saturated rings. The molecule has 1 N–H and O–H groups in total. The van der Waals surface area contributed by atoms with Crippen LogP contribution in [0.3, 0.4) is 0 Å². The van der Waals surface area contributed by atoms with E-state index >= 15 is 0 Å². The molecule has 27 heavy (non-hydrogen) atoms. The van der Waals surface area contributed by atoms with Gasteiger partial charge >= 0.3 is 0 Å². The lowest BCUT2D eigenvalue weighted by molar-refractivity contribution is 0.471. The van der Waals surface area contributed by atoms with Crippen LogP contribution in [0.1, 0.15) is 23.2 Å². The third-order valence-electron chi connectivity index (χ3n) is 3.85. The number of halogens is 1. The van der Waals surface area contributed by atoms with Crippen LogP contribution in [0.2, 0.25) is 0 Å². The number of hydrogen-bond acceptors (Lipinski definition) is 4. The molecule has 0 aliphatic heterocycles. The van der Waals surface area contributed by atoms with Crippen molar-refractivity contribution in [2.75, 3.05) is 13.6 Å². The normalized spacial score (nSPS) is 11.1. The fraction of sp³-hybridized carbons (Fsp3) is 0.316. The molecule has 6 nitrogen and oxygen atoms in total. The Balaban J connectivity index is 0.00000261. The van der Waals surface area contributed by atoms with Crippen LogP contribution in [0.15, 0.2) is 53.1 Å². The van der Waals surface area contributed by atoms with Crippen molar-refractivity contribution >= 4 is 41.3 Å². The Morgan fingerprint density at radius 3 is 2.85 bits per heavy atom. The molecular weight excluding hydrogens is 471 g/mol. The number of benzene rings is 1. The molecule has 0 aliphatic carbocycles. The molecule has 2 aromatic heterocycles. The maximum absolute atomic E-state index is 4.79. The molecule has 0 bridgehead atoms. The molecule has 0 atom stereocenters. The predicted octanol–water partition coefficient (Wildman–Crippen LogP) is 3.85. The molecular formula is C19H25IN6S. The van der Waals surface area contributed by atoms with E-state index in [1.54, 1.807) is 17.5 Å².